The van der Waals surface area contributed by atoms with E-state index in [2.05, 4.69) is 62.0 Å². The number of carbonyl (C=O) groups is 1. The van der Waals surface area contributed by atoms with E-state index in [1.54, 1.807) is 5.57 Å². The number of rotatable bonds is 2. The van der Waals surface area contributed by atoms with Crippen molar-refractivity contribution in [2.45, 2.75) is 70.3 Å². The van der Waals surface area contributed by atoms with Gasteiger partial charge in [-0.25, -0.2) is 0 Å². The van der Waals surface area contributed by atoms with Crippen LogP contribution in [0.15, 0.2) is 47.1 Å². The average molecular weight is 430 g/mol. The normalized spacial score (nSPS) is 35.8. The number of carbonyl (C=O) groups excluding carboxylic acids is 1. The van der Waals surface area contributed by atoms with Crippen LogP contribution in [0.5, 0.6) is 0 Å². The van der Waals surface area contributed by atoms with Crippen LogP contribution in [0.25, 0.3) is 0 Å². The molecule has 0 saturated heterocycles. The molecule has 0 unspecified atom stereocenters. The van der Waals surface area contributed by atoms with E-state index in [0.29, 0.717) is 18.3 Å². The van der Waals surface area contributed by atoms with Gasteiger partial charge in [0.1, 0.15) is 5.60 Å². The lowest BCUT2D eigenvalue weighted by atomic mass is 9.51. The third-order valence-electron chi connectivity index (χ3n) is 9.03. The van der Waals surface area contributed by atoms with E-state index in [4.69, 9.17) is 0 Å². The Labute approximate surface area is 192 Å². The summed E-state index contributed by atoms with van der Waals surface area (Å²) < 4.78 is 0. The molecule has 5 rings (SSSR count). The predicted molar refractivity (Wildman–Crippen MR) is 129 cm³/mol. The highest BCUT2D eigenvalue weighted by atomic mass is 16.3. The molecule has 0 bridgehead atoms. The quantitative estimate of drug-likeness (QED) is 0.640. The van der Waals surface area contributed by atoms with E-state index in [0.717, 1.165) is 38.5 Å². The molecule has 4 aliphatic rings. The zero-order chi connectivity index (χ0) is 22.7. The molecule has 0 radical (unpaired) electrons. The van der Waals surface area contributed by atoms with Crippen LogP contribution in [-0.4, -0.2) is 30.6 Å². The van der Waals surface area contributed by atoms with Crippen LogP contribution in [0.2, 0.25) is 0 Å². The molecule has 0 spiro atoms. The molecule has 2 fully saturated rings. The zero-order valence-corrected chi connectivity index (χ0v) is 19.9. The number of hydrogen-bond donors (Lipinski definition) is 1. The topological polar surface area (TPSA) is 40.5 Å². The molecule has 1 aromatic carbocycles. The lowest BCUT2D eigenvalue weighted by Gasteiger charge is -2.53. The van der Waals surface area contributed by atoms with Crippen LogP contribution < -0.4 is 4.90 Å². The van der Waals surface area contributed by atoms with Gasteiger partial charge in [0.25, 0.3) is 0 Å². The first-order chi connectivity index (χ1) is 15.3. The summed E-state index contributed by atoms with van der Waals surface area (Å²) in [4.78, 5) is 14.3. The maximum absolute atomic E-state index is 12.2. The van der Waals surface area contributed by atoms with E-state index in [1.807, 2.05) is 13.0 Å². The maximum Gasteiger partial charge on any atom is 0.156 e. The summed E-state index contributed by atoms with van der Waals surface area (Å²) in [6.45, 7) is 4.15. The van der Waals surface area contributed by atoms with Crippen molar-refractivity contribution in [3.05, 3.63) is 52.6 Å². The molecule has 1 aromatic rings. The van der Waals surface area contributed by atoms with E-state index in [9.17, 15) is 9.90 Å². The number of benzene rings is 1. The second-order valence-electron chi connectivity index (χ2n) is 10.8. The molecule has 3 nitrogen and oxygen atoms in total. The third kappa shape index (κ3) is 3.11. The van der Waals surface area contributed by atoms with Crippen LogP contribution in [-0.2, 0) is 4.79 Å². The van der Waals surface area contributed by atoms with Crippen molar-refractivity contribution < 1.29 is 9.90 Å². The monoisotopic (exact) mass is 429 g/mol. The number of hydrogen-bond acceptors (Lipinski definition) is 3. The van der Waals surface area contributed by atoms with Gasteiger partial charge in [-0.05, 0) is 92.2 Å². The Bertz CT molecular complexity index is 1070. The molecular weight excluding hydrogens is 394 g/mol. The first-order valence-electron chi connectivity index (χ1n) is 12.2. The van der Waals surface area contributed by atoms with Gasteiger partial charge >= 0.3 is 0 Å². The van der Waals surface area contributed by atoms with Gasteiger partial charge in [-0.2, -0.15) is 0 Å². The lowest BCUT2D eigenvalue weighted by molar-refractivity contribution is -0.114. The van der Waals surface area contributed by atoms with Gasteiger partial charge in [0.05, 0.1) is 0 Å². The van der Waals surface area contributed by atoms with Crippen LogP contribution in [0, 0.1) is 29.1 Å². The number of allylic oxidation sites excluding steroid dienone is 4. The summed E-state index contributed by atoms with van der Waals surface area (Å²) in [5.74, 6) is 7.76. The fourth-order valence-corrected chi connectivity index (χ4v) is 7.38. The van der Waals surface area contributed by atoms with Gasteiger partial charge in [0.15, 0.2) is 5.78 Å². The Hall–Kier alpha value is -2.31. The molecule has 1 N–H and O–H groups in total. The van der Waals surface area contributed by atoms with Gasteiger partial charge in [-0.3, -0.25) is 4.79 Å². The van der Waals surface area contributed by atoms with Crippen molar-refractivity contribution in [1.82, 2.24) is 0 Å². The largest absolute Gasteiger partial charge is 0.378 e. The Morgan fingerprint density at radius 2 is 1.84 bits per heavy atom. The smallest absolute Gasteiger partial charge is 0.156 e. The minimum Gasteiger partial charge on any atom is -0.378 e. The zero-order valence-electron chi connectivity index (χ0n) is 19.9. The van der Waals surface area contributed by atoms with Gasteiger partial charge in [-0.15, -0.1) is 5.92 Å². The summed E-state index contributed by atoms with van der Waals surface area (Å²) in [5.41, 5.74) is 5.71. The molecule has 168 valence electrons. The molecule has 5 atom stereocenters. The van der Waals surface area contributed by atoms with Crippen LogP contribution in [0.3, 0.4) is 0 Å². The van der Waals surface area contributed by atoms with Crippen LogP contribution in [0.1, 0.15) is 70.3 Å². The minimum atomic E-state index is -0.914. The second-order valence-corrected chi connectivity index (χ2v) is 10.8. The summed E-state index contributed by atoms with van der Waals surface area (Å²) >= 11 is 0. The molecule has 2 saturated carbocycles. The Morgan fingerprint density at radius 3 is 2.53 bits per heavy atom. The molecule has 0 aromatic heterocycles. The third-order valence-corrected chi connectivity index (χ3v) is 9.03. The van der Waals surface area contributed by atoms with Crippen molar-refractivity contribution >= 4 is 11.5 Å². The number of anilines is 1. The molecule has 3 heteroatoms. The highest BCUT2D eigenvalue weighted by Crippen LogP contribution is 2.66. The van der Waals surface area contributed by atoms with Gasteiger partial charge in [0.2, 0.25) is 0 Å². The Morgan fingerprint density at radius 1 is 1.09 bits per heavy atom. The summed E-state index contributed by atoms with van der Waals surface area (Å²) in [6.07, 6.45) is 8.23. The first-order valence-corrected chi connectivity index (χ1v) is 12.2. The van der Waals surface area contributed by atoms with E-state index >= 15 is 0 Å². The number of ketones is 1. The van der Waals surface area contributed by atoms with Crippen molar-refractivity contribution in [2.75, 3.05) is 19.0 Å². The Balaban J connectivity index is 1.67. The first kappa shape index (κ1) is 21.5. The number of aliphatic hydroxyl groups is 1. The highest BCUT2D eigenvalue weighted by molar-refractivity contribution is 5.93. The van der Waals surface area contributed by atoms with E-state index in [-0.39, 0.29) is 17.1 Å². The fourth-order valence-electron chi connectivity index (χ4n) is 7.38. The Kier molecular flexibility index (Phi) is 5.13. The molecule has 0 aliphatic heterocycles. The molecule has 4 aliphatic carbocycles. The van der Waals surface area contributed by atoms with Gasteiger partial charge < -0.3 is 10.0 Å². The summed E-state index contributed by atoms with van der Waals surface area (Å²) in [7, 11) is 4.14. The molecule has 0 amide bonds. The minimum absolute atomic E-state index is 0.221. The van der Waals surface area contributed by atoms with E-state index in [1.165, 1.54) is 22.4 Å². The van der Waals surface area contributed by atoms with Gasteiger partial charge in [0, 0.05) is 37.5 Å². The van der Waals surface area contributed by atoms with Crippen LogP contribution in [0.4, 0.5) is 5.69 Å². The number of nitrogens with zero attached hydrogens (tertiary/aromatic N) is 1. The molecular formula is C29H35NO2. The summed E-state index contributed by atoms with van der Waals surface area (Å²) in [6, 6.07) is 8.97. The van der Waals surface area contributed by atoms with E-state index < -0.39 is 5.60 Å². The average Bonchev–Trinajstić information content (AvgIpc) is 3.03. The fraction of sp³-hybridized carbons (Fsp3) is 0.552. The van der Waals surface area contributed by atoms with Crippen molar-refractivity contribution in [3.63, 3.8) is 0 Å². The lowest BCUT2D eigenvalue weighted by Crippen LogP contribution is -2.51. The maximum atomic E-state index is 12.2. The van der Waals surface area contributed by atoms with Gasteiger partial charge in [-0.1, -0.05) is 30.6 Å². The van der Waals surface area contributed by atoms with Crippen LogP contribution >= 0.6 is 0 Å². The molecule has 32 heavy (non-hydrogen) atoms. The summed E-state index contributed by atoms with van der Waals surface area (Å²) in [5, 5.41) is 11.7. The van der Waals surface area contributed by atoms with Crippen molar-refractivity contribution in [2.24, 2.45) is 17.3 Å². The molecule has 0 heterocycles. The standard InChI is InChI=1S/C29H35NO2/c1-5-15-29(32)16-14-26-24-12-8-20-17-22(31)11-13-23(20)27(24)25(18-28(26,29)2)19-6-9-21(10-7-19)30(3)4/h6-7,9-10,17,24-26,32H,8,11-14,16,18H2,1-4H3/t24-,25-,26+,28+,29-/m0/s1. The number of fused-ring (bicyclic) bond motifs is 4. The van der Waals surface area contributed by atoms with Crippen molar-refractivity contribution in [3.8, 4) is 11.8 Å². The SMILES string of the molecule is CC#C[C@]1(O)CC[C@@H]2[C@@H]3CCC4=CC(=O)CCC4=C3[C@H](c3ccc(N(C)C)cc3)C[C@]21C. The predicted octanol–water partition coefficient (Wildman–Crippen LogP) is 5.41. The second kappa shape index (κ2) is 7.63. The van der Waals surface area contributed by atoms with Crippen molar-refractivity contribution in [1.29, 1.82) is 0 Å². The highest BCUT2D eigenvalue weighted by Gasteiger charge is 2.62.